The normalized spacial score (nSPS) is 10.1. The number of hydrogen-bond acceptors (Lipinski definition) is 4. The molecule has 4 nitrogen and oxygen atoms in total. The molecule has 0 aromatic heterocycles. The summed E-state index contributed by atoms with van der Waals surface area (Å²) < 4.78 is 10.3. The zero-order valence-electron chi connectivity index (χ0n) is 11.3. The highest BCUT2D eigenvalue weighted by Gasteiger charge is 2.10. The largest absolute Gasteiger partial charge is 0.492 e. The lowest BCUT2D eigenvalue weighted by atomic mass is 10.0. The minimum Gasteiger partial charge on any atom is -0.492 e. The van der Waals surface area contributed by atoms with Crippen LogP contribution in [0.2, 0.25) is 0 Å². The SMILES string of the molecule is COC(=O)c1cc(OCCN)cc(-c2ccccc2)c1. The maximum absolute atomic E-state index is 11.7. The Kier molecular flexibility index (Phi) is 4.74. The third kappa shape index (κ3) is 3.36. The molecule has 0 aliphatic heterocycles. The van der Waals surface area contributed by atoms with Gasteiger partial charge in [0.15, 0.2) is 0 Å². The average molecular weight is 271 g/mol. The van der Waals surface area contributed by atoms with Crippen LogP contribution in [0.25, 0.3) is 11.1 Å². The van der Waals surface area contributed by atoms with Gasteiger partial charge in [0.2, 0.25) is 0 Å². The lowest BCUT2D eigenvalue weighted by molar-refractivity contribution is 0.0600. The van der Waals surface area contributed by atoms with Crippen molar-refractivity contribution in [2.45, 2.75) is 0 Å². The predicted molar refractivity (Wildman–Crippen MR) is 77.8 cm³/mol. The van der Waals surface area contributed by atoms with E-state index in [9.17, 15) is 4.79 Å². The van der Waals surface area contributed by atoms with Gasteiger partial charge in [-0.05, 0) is 29.3 Å². The first-order valence-corrected chi connectivity index (χ1v) is 6.36. The monoisotopic (exact) mass is 271 g/mol. The molecule has 104 valence electrons. The van der Waals surface area contributed by atoms with E-state index in [1.54, 1.807) is 12.1 Å². The minimum atomic E-state index is -0.389. The lowest BCUT2D eigenvalue weighted by Crippen LogP contribution is -2.11. The van der Waals surface area contributed by atoms with Crippen molar-refractivity contribution < 1.29 is 14.3 Å². The first-order chi connectivity index (χ1) is 9.74. The average Bonchev–Trinajstić information content (AvgIpc) is 2.52. The van der Waals surface area contributed by atoms with Crippen LogP contribution >= 0.6 is 0 Å². The van der Waals surface area contributed by atoms with Crippen molar-refractivity contribution in [3.8, 4) is 16.9 Å². The maximum atomic E-state index is 11.7. The van der Waals surface area contributed by atoms with Crippen LogP contribution in [-0.4, -0.2) is 26.2 Å². The number of carbonyl (C=O) groups excluding carboxylic acids is 1. The van der Waals surface area contributed by atoms with Crippen molar-refractivity contribution in [2.75, 3.05) is 20.3 Å². The maximum Gasteiger partial charge on any atom is 0.338 e. The van der Waals surface area contributed by atoms with Crippen LogP contribution < -0.4 is 10.5 Å². The van der Waals surface area contributed by atoms with Gasteiger partial charge < -0.3 is 15.2 Å². The van der Waals surface area contributed by atoms with Crippen LogP contribution in [0.15, 0.2) is 48.5 Å². The van der Waals surface area contributed by atoms with Crippen LogP contribution in [0.5, 0.6) is 5.75 Å². The summed E-state index contributed by atoms with van der Waals surface area (Å²) in [5.41, 5.74) is 7.81. The number of hydrogen-bond donors (Lipinski definition) is 1. The Labute approximate surface area is 118 Å². The van der Waals surface area contributed by atoms with E-state index in [0.29, 0.717) is 24.5 Å². The van der Waals surface area contributed by atoms with E-state index in [0.717, 1.165) is 11.1 Å². The molecule has 0 fully saturated rings. The molecule has 0 saturated carbocycles. The summed E-state index contributed by atoms with van der Waals surface area (Å²) in [7, 11) is 1.36. The molecule has 0 aliphatic carbocycles. The highest BCUT2D eigenvalue weighted by Crippen LogP contribution is 2.26. The number of benzene rings is 2. The summed E-state index contributed by atoms with van der Waals surface area (Å²) in [6, 6.07) is 15.1. The molecule has 0 unspecified atom stereocenters. The first-order valence-electron chi connectivity index (χ1n) is 6.36. The molecule has 20 heavy (non-hydrogen) atoms. The Hall–Kier alpha value is -2.33. The molecule has 0 spiro atoms. The van der Waals surface area contributed by atoms with Crippen molar-refractivity contribution in [1.29, 1.82) is 0 Å². The number of ether oxygens (including phenoxy) is 2. The van der Waals surface area contributed by atoms with Crippen molar-refractivity contribution >= 4 is 5.97 Å². The van der Waals surface area contributed by atoms with Crippen LogP contribution in [0.3, 0.4) is 0 Å². The molecular formula is C16H17NO3. The number of nitrogens with two attached hydrogens (primary N) is 1. The fourth-order valence-corrected chi connectivity index (χ4v) is 1.89. The summed E-state index contributed by atoms with van der Waals surface area (Å²) in [6.07, 6.45) is 0. The second-order valence-corrected chi connectivity index (χ2v) is 4.24. The first kappa shape index (κ1) is 14.1. The van der Waals surface area contributed by atoms with Gasteiger partial charge in [-0.25, -0.2) is 4.79 Å². The van der Waals surface area contributed by atoms with Gasteiger partial charge in [-0.15, -0.1) is 0 Å². The van der Waals surface area contributed by atoms with E-state index in [4.69, 9.17) is 15.2 Å². The molecule has 0 amide bonds. The second-order valence-electron chi connectivity index (χ2n) is 4.24. The third-order valence-electron chi connectivity index (χ3n) is 2.82. The van der Waals surface area contributed by atoms with E-state index in [1.165, 1.54) is 7.11 Å². The molecule has 2 rings (SSSR count). The van der Waals surface area contributed by atoms with Crippen molar-refractivity contribution in [3.05, 3.63) is 54.1 Å². The Morgan fingerprint density at radius 3 is 2.50 bits per heavy atom. The van der Waals surface area contributed by atoms with E-state index in [-0.39, 0.29) is 5.97 Å². The molecule has 2 aromatic rings. The Balaban J connectivity index is 2.42. The molecule has 0 heterocycles. The van der Waals surface area contributed by atoms with Gasteiger partial charge in [0.25, 0.3) is 0 Å². The molecule has 4 heteroatoms. The molecule has 0 saturated heterocycles. The van der Waals surface area contributed by atoms with Gasteiger partial charge in [0, 0.05) is 6.54 Å². The zero-order valence-corrected chi connectivity index (χ0v) is 11.3. The summed E-state index contributed by atoms with van der Waals surface area (Å²) in [5, 5.41) is 0. The molecule has 2 aromatic carbocycles. The Bertz CT molecular complexity index is 582. The third-order valence-corrected chi connectivity index (χ3v) is 2.82. The van der Waals surface area contributed by atoms with Crippen molar-refractivity contribution in [3.63, 3.8) is 0 Å². The summed E-state index contributed by atoms with van der Waals surface area (Å²) in [6.45, 7) is 0.821. The van der Waals surface area contributed by atoms with E-state index >= 15 is 0 Å². The van der Waals surface area contributed by atoms with Crippen LogP contribution in [0, 0.1) is 0 Å². The van der Waals surface area contributed by atoms with E-state index < -0.39 is 0 Å². The van der Waals surface area contributed by atoms with Gasteiger partial charge in [-0.1, -0.05) is 30.3 Å². The fraction of sp³-hybridized carbons (Fsp3) is 0.188. The molecular weight excluding hydrogens is 254 g/mol. The molecule has 0 atom stereocenters. The Morgan fingerprint density at radius 2 is 1.85 bits per heavy atom. The van der Waals surface area contributed by atoms with Gasteiger partial charge in [-0.3, -0.25) is 0 Å². The van der Waals surface area contributed by atoms with Crippen LogP contribution in [-0.2, 0) is 4.74 Å². The smallest absolute Gasteiger partial charge is 0.338 e. The van der Waals surface area contributed by atoms with E-state index in [1.807, 2.05) is 36.4 Å². The quantitative estimate of drug-likeness (QED) is 0.849. The van der Waals surface area contributed by atoms with Crippen LogP contribution in [0.4, 0.5) is 0 Å². The van der Waals surface area contributed by atoms with E-state index in [2.05, 4.69) is 0 Å². The highest BCUT2D eigenvalue weighted by molar-refractivity contribution is 5.91. The van der Waals surface area contributed by atoms with Gasteiger partial charge in [0.05, 0.1) is 12.7 Å². The number of methoxy groups -OCH3 is 1. The summed E-state index contributed by atoms with van der Waals surface area (Å²) >= 11 is 0. The standard InChI is InChI=1S/C16H17NO3/c1-19-16(18)14-9-13(12-5-3-2-4-6-12)10-15(11-14)20-8-7-17/h2-6,9-11H,7-8,17H2,1H3. The number of carbonyl (C=O) groups is 1. The molecule has 0 radical (unpaired) electrons. The lowest BCUT2D eigenvalue weighted by Gasteiger charge is -2.10. The predicted octanol–water partition coefficient (Wildman–Crippen LogP) is 2.48. The topological polar surface area (TPSA) is 61.5 Å². The van der Waals surface area contributed by atoms with Gasteiger partial charge in [-0.2, -0.15) is 0 Å². The number of esters is 1. The second kappa shape index (κ2) is 6.73. The molecule has 2 N–H and O–H groups in total. The van der Waals surface area contributed by atoms with Crippen molar-refractivity contribution in [1.82, 2.24) is 0 Å². The van der Waals surface area contributed by atoms with Crippen LogP contribution in [0.1, 0.15) is 10.4 Å². The highest BCUT2D eigenvalue weighted by atomic mass is 16.5. The zero-order chi connectivity index (χ0) is 14.4. The summed E-state index contributed by atoms with van der Waals surface area (Å²) in [5.74, 6) is 0.220. The minimum absolute atomic E-state index is 0.389. The number of rotatable bonds is 5. The van der Waals surface area contributed by atoms with Gasteiger partial charge >= 0.3 is 5.97 Å². The van der Waals surface area contributed by atoms with Crippen molar-refractivity contribution in [2.24, 2.45) is 5.73 Å². The molecule has 0 bridgehead atoms. The summed E-state index contributed by atoms with van der Waals surface area (Å²) in [4.78, 5) is 11.7. The van der Waals surface area contributed by atoms with Gasteiger partial charge in [0.1, 0.15) is 12.4 Å². The molecule has 0 aliphatic rings. The fourth-order valence-electron chi connectivity index (χ4n) is 1.89. The Morgan fingerprint density at radius 1 is 1.10 bits per heavy atom.